The molecule has 0 atom stereocenters. The molecule has 0 aromatic heterocycles. The van der Waals surface area contributed by atoms with Crippen LogP contribution in [0.3, 0.4) is 0 Å². The minimum absolute atomic E-state index is 0.00236. The van der Waals surface area contributed by atoms with E-state index in [2.05, 4.69) is 5.32 Å². The van der Waals surface area contributed by atoms with Crippen LogP contribution < -0.4 is 16.4 Å². The number of urea groups is 1. The molecule has 0 radical (unpaired) electrons. The molecule has 0 aliphatic carbocycles. The topological polar surface area (TPSA) is 110 Å². The zero-order valence-electron chi connectivity index (χ0n) is 12.8. The highest BCUT2D eigenvalue weighted by molar-refractivity contribution is 6.44. The first-order valence-corrected chi connectivity index (χ1v) is 7.91. The van der Waals surface area contributed by atoms with Crippen molar-refractivity contribution >= 4 is 63.6 Å². The summed E-state index contributed by atoms with van der Waals surface area (Å²) in [4.78, 5) is 21.9. The van der Waals surface area contributed by atoms with Crippen molar-refractivity contribution in [2.75, 3.05) is 16.4 Å². The summed E-state index contributed by atoms with van der Waals surface area (Å²) in [5, 5.41) is 15.4. The molecule has 0 spiro atoms. The summed E-state index contributed by atoms with van der Waals surface area (Å²) in [7, 11) is 0. The van der Waals surface area contributed by atoms with Gasteiger partial charge in [0.05, 0.1) is 36.9 Å². The van der Waals surface area contributed by atoms with Crippen LogP contribution in [0.4, 0.5) is 40.7 Å². The lowest BCUT2D eigenvalue weighted by Gasteiger charge is -2.14. The molecule has 2 aromatic carbocycles. The smallest absolute Gasteiger partial charge is 0.391 e. The maximum absolute atomic E-state index is 12.9. The first kappa shape index (κ1) is 20.9. The van der Waals surface area contributed by atoms with Crippen molar-refractivity contribution in [1.29, 1.82) is 0 Å². The van der Waals surface area contributed by atoms with E-state index >= 15 is 0 Å². The van der Waals surface area contributed by atoms with Gasteiger partial charge >= 0.3 is 12.2 Å². The van der Waals surface area contributed by atoms with Crippen LogP contribution in [0.5, 0.6) is 0 Å². The average molecular weight is 444 g/mol. The minimum Gasteiger partial charge on any atom is -0.391 e. The van der Waals surface area contributed by atoms with E-state index in [0.29, 0.717) is 6.07 Å². The zero-order chi connectivity index (χ0) is 20.5. The number of carbonyl (C=O) groups excluding carboxylic acids is 1. The highest BCUT2D eigenvalue weighted by atomic mass is 35.5. The number of amides is 2. The molecule has 27 heavy (non-hydrogen) atoms. The Kier molecular flexibility index (Phi) is 5.93. The molecule has 0 heterocycles. The fourth-order valence-electron chi connectivity index (χ4n) is 1.95. The standard InChI is InChI=1S/C14H8Cl3F3N4O3/c15-6-3-8(17)9(4-7(6)16)22-13(25)23-10-1-5(14(18,19)20)2-11(12(10)21)24(26)27/h1-4H,21H2,(H2,22,23,25). The molecule has 7 nitrogen and oxygen atoms in total. The van der Waals surface area contributed by atoms with Crippen LogP contribution >= 0.6 is 34.8 Å². The van der Waals surface area contributed by atoms with Crippen LogP contribution in [-0.2, 0) is 6.18 Å². The molecular weight excluding hydrogens is 436 g/mol. The number of nitro benzene ring substituents is 1. The molecule has 144 valence electrons. The molecule has 13 heteroatoms. The van der Waals surface area contributed by atoms with Gasteiger partial charge in [-0.1, -0.05) is 34.8 Å². The number of nitro groups is 1. The number of hydrogen-bond acceptors (Lipinski definition) is 4. The van der Waals surface area contributed by atoms with Crippen LogP contribution in [0.2, 0.25) is 15.1 Å². The summed E-state index contributed by atoms with van der Waals surface area (Å²) in [5.41, 5.74) is 1.88. The van der Waals surface area contributed by atoms with Crippen LogP contribution in [0.15, 0.2) is 24.3 Å². The second-order valence-corrected chi connectivity index (χ2v) is 6.26. The van der Waals surface area contributed by atoms with Crippen LogP contribution in [-0.4, -0.2) is 11.0 Å². The molecule has 0 fully saturated rings. The second kappa shape index (κ2) is 7.67. The zero-order valence-corrected chi connectivity index (χ0v) is 15.1. The monoisotopic (exact) mass is 442 g/mol. The Morgan fingerprint density at radius 2 is 1.56 bits per heavy atom. The molecular formula is C14H8Cl3F3N4O3. The van der Waals surface area contributed by atoms with Gasteiger partial charge in [0, 0.05) is 6.07 Å². The van der Waals surface area contributed by atoms with Gasteiger partial charge in [-0.2, -0.15) is 13.2 Å². The summed E-state index contributed by atoms with van der Waals surface area (Å²) >= 11 is 17.4. The third-order valence-corrected chi connectivity index (χ3v) is 4.22. The molecule has 0 saturated carbocycles. The summed E-state index contributed by atoms with van der Waals surface area (Å²) in [6.07, 6.45) is -4.89. The molecule has 2 amide bonds. The fraction of sp³-hybridized carbons (Fsp3) is 0.0714. The van der Waals surface area contributed by atoms with E-state index in [1.165, 1.54) is 12.1 Å². The van der Waals surface area contributed by atoms with E-state index in [4.69, 9.17) is 40.5 Å². The molecule has 2 aromatic rings. The molecule has 2 rings (SSSR count). The number of carbonyl (C=O) groups is 1. The van der Waals surface area contributed by atoms with Crippen molar-refractivity contribution in [3.63, 3.8) is 0 Å². The lowest BCUT2D eigenvalue weighted by atomic mass is 10.1. The van der Waals surface area contributed by atoms with Crippen molar-refractivity contribution in [3.8, 4) is 0 Å². The third-order valence-electron chi connectivity index (χ3n) is 3.19. The molecule has 0 saturated heterocycles. The van der Waals surface area contributed by atoms with Crippen molar-refractivity contribution in [2.45, 2.75) is 6.18 Å². The van der Waals surface area contributed by atoms with E-state index in [1.54, 1.807) is 0 Å². The molecule has 0 bridgehead atoms. The number of nitrogens with two attached hydrogens (primary N) is 1. The maximum atomic E-state index is 12.9. The number of rotatable bonds is 3. The van der Waals surface area contributed by atoms with Gasteiger partial charge in [-0.05, 0) is 18.2 Å². The van der Waals surface area contributed by atoms with E-state index < -0.39 is 39.8 Å². The first-order chi connectivity index (χ1) is 12.4. The maximum Gasteiger partial charge on any atom is 0.416 e. The van der Waals surface area contributed by atoms with Gasteiger partial charge in [-0.3, -0.25) is 10.1 Å². The van der Waals surface area contributed by atoms with Crippen LogP contribution in [0, 0.1) is 10.1 Å². The van der Waals surface area contributed by atoms with E-state index in [9.17, 15) is 28.1 Å². The van der Waals surface area contributed by atoms with Gasteiger partial charge in [0.2, 0.25) is 0 Å². The number of anilines is 3. The fourth-order valence-corrected chi connectivity index (χ4v) is 2.54. The summed E-state index contributed by atoms with van der Waals surface area (Å²) in [5.74, 6) is 0. The quantitative estimate of drug-likeness (QED) is 0.241. The van der Waals surface area contributed by atoms with Gasteiger partial charge in [0.15, 0.2) is 0 Å². The lowest BCUT2D eigenvalue weighted by Crippen LogP contribution is -2.21. The van der Waals surface area contributed by atoms with Gasteiger partial charge in [-0.15, -0.1) is 0 Å². The Bertz CT molecular complexity index is 938. The Morgan fingerprint density at radius 1 is 1.00 bits per heavy atom. The minimum atomic E-state index is -4.89. The number of nitrogen functional groups attached to an aromatic ring is 1. The number of nitrogens with one attached hydrogen (secondary N) is 2. The summed E-state index contributed by atoms with van der Waals surface area (Å²) in [6, 6.07) is 2.14. The summed E-state index contributed by atoms with van der Waals surface area (Å²) in [6.45, 7) is 0. The number of halogens is 6. The highest BCUT2D eigenvalue weighted by Crippen LogP contribution is 2.39. The highest BCUT2D eigenvalue weighted by Gasteiger charge is 2.34. The molecule has 0 aliphatic heterocycles. The third kappa shape index (κ3) is 4.85. The van der Waals surface area contributed by atoms with Crippen molar-refractivity contribution in [2.24, 2.45) is 0 Å². The van der Waals surface area contributed by atoms with Crippen molar-refractivity contribution in [1.82, 2.24) is 0 Å². The first-order valence-electron chi connectivity index (χ1n) is 6.77. The Hall–Kier alpha value is -2.43. The molecule has 0 unspecified atom stereocenters. The van der Waals surface area contributed by atoms with Crippen LogP contribution in [0.25, 0.3) is 0 Å². The van der Waals surface area contributed by atoms with Gasteiger partial charge < -0.3 is 16.4 Å². The van der Waals surface area contributed by atoms with Crippen LogP contribution in [0.1, 0.15) is 5.56 Å². The van der Waals surface area contributed by atoms with Gasteiger partial charge in [-0.25, -0.2) is 4.79 Å². The normalized spacial score (nSPS) is 11.2. The Balaban J connectivity index is 2.36. The number of benzene rings is 2. The average Bonchev–Trinajstić information content (AvgIpc) is 2.53. The largest absolute Gasteiger partial charge is 0.416 e. The van der Waals surface area contributed by atoms with Gasteiger partial charge in [0.25, 0.3) is 5.69 Å². The van der Waals surface area contributed by atoms with E-state index in [0.717, 1.165) is 0 Å². The summed E-state index contributed by atoms with van der Waals surface area (Å²) < 4.78 is 38.8. The molecule has 4 N–H and O–H groups in total. The van der Waals surface area contributed by atoms with E-state index in [-0.39, 0.29) is 26.8 Å². The predicted octanol–water partition coefficient (Wildman–Crippen LogP) is 5.80. The lowest BCUT2D eigenvalue weighted by molar-refractivity contribution is -0.384. The Labute approximate surface area is 164 Å². The Morgan fingerprint density at radius 3 is 2.11 bits per heavy atom. The SMILES string of the molecule is Nc1c(NC(=O)Nc2cc(Cl)c(Cl)cc2Cl)cc(C(F)(F)F)cc1[N+](=O)[O-]. The molecule has 0 aliphatic rings. The predicted molar refractivity (Wildman–Crippen MR) is 96.6 cm³/mol. The van der Waals surface area contributed by atoms with E-state index in [1.807, 2.05) is 5.32 Å². The number of alkyl halides is 3. The van der Waals surface area contributed by atoms with Crippen molar-refractivity contribution < 1.29 is 22.9 Å². The number of hydrogen-bond donors (Lipinski definition) is 3. The second-order valence-electron chi connectivity index (χ2n) is 5.04. The van der Waals surface area contributed by atoms with Crippen molar-refractivity contribution in [3.05, 3.63) is 55.0 Å². The number of nitrogens with zero attached hydrogens (tertiary/aromatic N) is 1. The van der Waals surface area contributed by atoms with Gasteiger partial charge in [0.1, 0.15) is 5.69 Å².